The van der Waals surface area contributed by atoms with Gasteiger partial charge in [-0.1, -0.05) is 11.6 Å². The van der Waals surface area contributed by atoms with E-state index >= 15 is 0 Å². The lowest BCUT2D eigenvalue weighted by Crippen LogP contribution is -2.01. The Kier molecular flexibility index (Phi) is 2.59. The Morgan fingerprint density at radius 1 is 1.45 bits per heavy atom. The fourth-order valence-corrected chi connectivity index (χ4v) is 0.647. The van der Waals surface area contributed by atoms with Gasteiger partial charge in [0.25, 0.3) is 0 Å². The molecule has 0 N–H and O–H groups in total. The van der Waals surface area contributed by atoms with Gasteiger partial charge in [0.1, 0.15) is 10.9 Å². The zero-order chi connectivity index (χ0) is 8.27. The Labute approximate surface area is 66.8 Å². The second-order valence-electron chi connectivity index (χ2n) is 1.70. The molecule has 0 aromatic carbocycles. The first-order chi connectivity index (χ1) is 5.18. The highest BCUT2D eigenvalue weighted by molar-refractivity contribution is 6.29. The Balaban J connectivity index is 2.66. The first-order valence-corrected chi connectivity index (χ1v) is 3.12. The first-order valence-electron chi connectivity index (χ1n) is 2.75. The lowest BCUT2D eigenvalue weighted by Gasteiger charge is -2.01. The van der Waals surface area contributed by atoms with Crippen molar-refractivity contribution in [2.24, 2.45) is 0 Å². The van der Waals surface area contributed by atoms with Gasteiger partial charge in [0.15, 0.2) is 0 Å². The summed E-state index contributed by atoms with van der Waals surface area (Å²) in [5.74, 6) is 0.00407. The van der Waals surface area contributed by atoms with Crippen LogP contribution in [0.4, 0.5) is 8.78 Å². The number of hydrogen-bond acceptors (Lipinski definition) is 2. The molecule has 0 aliphatic carbocycles. The van der Waals surface area contributed by atoms with Crippen LogP contribution in [-0.2, 0) is 0 Å². The summed E-state index contributed by atoms with van der Waals surface area (Å²) in [6.45, 7) is -2.82. The minimum Gasteiger partial charge on any atom is -0.433 e. The summed E-state index contributed by atoms with van der Waals surface area (Å²) in [7, 11) is 0. The quantitative estimate of drug-likeness (QED) is 0.650. The third-order valence-electron chi connectivity index (χ3n) is 0.925. The van der Waals surface area contributed by atoms with Crippen LogP contribution in [-0.4, -0.2) is 11.6 Å². The van der Waals surface area contributed by atoms with E-state index in [0.717, 1.165) is 6.20 Å². The molecule has 0 spiro atoms. The molecule has 1 heterocycles. The molecule has 0 bridgehead atoms. The van der Waals surface area contributed by atoms with Crippen molar-refractivity contribution in [3.63, 3.8) is 0 Å². The number of alkyl halides is 2. The highest BCUT2D eigenvalue weighted by Crippen LogP contribution is 2.14. The van der Waals surface area contributed by atoms with Crippen molar-refractivity contribution >= 4 is 11.6 Å². The number of hydrogen-bond donors (Lipinski definition) is 0. The molecule has 0 amide bonds. The van der Waals surface area contributed by atoms with E-state index in [4.69, 9.17) is 11.6 Å². The number of halogens is 3. The van der Waals surface area contributed by atoms with Crippen LogP contribution >= 0.6 is 11.6 Å². The van der Waals surface area contributed by atoms with E-state index in [1.807, 2.05) is 0 Å². The Morgan fingerprint density at radius 3 is 2.64 bits per heavy atom. The summed E-state index contributed by atoms with van der Waals surface area (Å²) in [6, 6.07) is 2.70. The molecule has 11 heavy (non-hydrogen) atoms. The number of ether oxygens (including phenoxy) is 1. The van der Waals surface area contributed by atoms with Crippen LogP contribution in [0.3, 0.4) is 0 Å². The van der Waals surface area contributed by atoms with E-state index in [2.05, 4.69) is 9.72 Å². The van der Waals surface area contributed by atoms with Gasteiger partial charge < -0.3 is 4.74 Å². The second kappa shape index (κ2) is 3.48. The lowest BCUT2D eigenvalue weighted by atomic mass is 10.5. The fraction of sp³-hybridized carbons (Fsp3) is 0.167. The van der Waals surface area contributed by atoms with Gasteiger partial charge in [-0.3, -0.25) is 0 Å². The van der Waals surface area contributed by atoms with E-state index in [1.54, 1.807) is 0 Å². The minimum absolute atomic E-state index is 0.00407. The monoisotopic (exact) mass is 179 g/mol. The van der Waals surface area contributed by atoms with Crippen LogP contribution in [0.25, 0.3) is 0 Å². The highest BCUT2D eigenvalue weighted by Gasteiger charge is 2.02. The molecule has 0 aliphatic heterocycles. The van der Waals surface area contributed by atoms with Crippen molar-refractivity contribution in [3.8, 4) is 5.75 Å². The van der Waals surface area contributed by atoms with Crippen LogP contribution in [0, 0.1) is 0 Å². The van der Waals surface area contributed by atoms with Crippen LogP contribution in [0.15, 0.2) is 18.3 Å². The van der Waals surface area contributed by atoms with Gasteiger partial charge in [-0.05, 0) is 12.1 Å². The van der Waals surface area contributed by atoms with Crippen molar-refractivity contribution in [2.75, 3.05) is 0 Å². The van der Waals surface area contributed by atoms with Crippen LogP contribution in [0.5, 0.6) is 5.75 Å². The molecule has 0 radical (unpaired) electrons. The summed E-state index contributed by atoms with van der Waals surface area (Å²) in [6.07, 6.45) is 1.13. The molecule has 1 aromatic rings. The number of nitrogens with zero attached hydrogens (tertiary/aromatic N) is 1. The summed E-state index contributed by atoms with van der Waals surface area (Å²) in [4.78, 5) is 3.54. The zero-order valence-electron chi connectivity index (χ0n) is 5.30. The van der Waals surface area contributed by atoms with Gasteiger partial charge in [0.05, 0.1) is 6.20 Å². The van der Waals surface area contributed by atoms with Gasteiger partial charge >= 0.3 is 6.61 Å². The van der Waals surface area contributed by atoms with E-state index in [1.165, 1.54) is 12.1 Å². The molecule has 2 nitrogen and oxygen atoms in total. The third kappa shape index (κ3) is 2.67. The fourth-order valence-electron chi connectivity index (χ4n) is 0.535. The van der Waals surface area contributed by atoms with Gasteiger partial charge in [-0.2, -0.15) is 8.78 Å². The summed E-state index contributed by atoms with van der Waals surface area (Å²) in [5.41, 5.74) is 0. The molecule has 0 saturated heterocycles. The maximum Gasteiger partial charge on any atom is 0.387 e. The smallest absolute Gasteiger partial charge is 0.387 e. The molecule has 0 atom stereocenters. The van der Waals surface area contributed by atoms with Gasteiger partial charge in [0.2, 0.25) is 0 Å². The summed E-state index contributed by atoms with van der Waals surface area (Å²) >= 11 is 5.39. The Bertz CT molecular complexity index is 227. The molecule has 1 rings (SSSR count). The Hall–Kier alpha value is -0.900. The maximum atomic E-state index is 11.5. The van der Waals surface area contributed by atoms with Crippen LogP contribution in [0.2, 0.25) is 5.15 Å². The standard InChI is InChI=1S/C6H4ClF2NO/c7-5-2-1-4(3-10-5)11-6(8)9/h1-3,6H. The molecule has 1 aromatic heterocycles. The van der Waals surface area contributed by atoms with E-state index in [-0.39, 0.29) is 10.9 Å². The van der Waals surface area contributed by atoms with E-state index in [9.17, 15) is 8.78 Å². The number of pyridine rings is 1. The van der Waals surface area contributed by atoms with E-state index < -0.39 is 6.61 Å². The topological polar surface area (TPSA) is 22.1 Å². The predicted octanol–water partition coefficient (Wildman–Crippen LogP) is 2.34. The molecule has 0 aliphatic rings. The van der Waals surface area contributed by atoms with Crippen molar-refractivity contribution < 1.29 is 13.5 Å². The average molecular weight is 180 g/mol. The third-order valence-corrected chi connectivity index (χ3v) is 1.15. The molecule has 0 unspecified atom stereocenters. The van der Waals surface area contributed by atoms with Crippen molar-refractivity contribution in [1.82, 2.24) is 4.98 Å². The second-order valence-corrected chi connectivity index (χ2v) is 2.08. The maximum absolute atomic E-state index is 11.5. The predicted molar refractivity (Wildman–Crippen MR) is 35.9 cm³/mol. The van der Waals surface area contributed by atoms with Crippen molar-refractivity contribution in [1.29, 1.82) is 0 Å². The largest absolute Gasteiger partial charge is 0.433 e. The molecular weight excluding hydrogens is 176 g/mol. The molecule has 0 fully saturated rings. The Morgan fingerprint density at radius 2 is 2.18 bits per heavy atom. The SMILES string of the molecule is FC(F)Oc1ccc(Cl)nc1. The van der Waals surface area contributed by atoms with Crippen molar-refractivity contribution in [2.45, 2.75) is 6.61 Å². The molecule has 5 heteroatoms. The number of rotatable bonds is 2. The number of aromatic nitrogens is 1. The normalized spacial score (nSPS) is 10.2. The summed E-state index contributed by atoms with van der Waals surface area (Å²) in [5, 5.41) is 0.242. The zero-order valence-corrected chi connectivity index (χ0v) is 6.05. The summed E-state index contributed by atoms with van der Waals surface area (Å²) < 4.78 is 27.1. The van der Waals surface area contributed by atoms with Crippen LogP contribution < -0.4 is 4.74 Å². The van der Waals surface area contributed by atoms with Gasteiger partial charge in [-0.25, -0.2) is 4.98 Å². The van der Waals surface area contributed by atoms with Gasteiger partial charge in [-0.15, -0.1) is 0 Å². The first kappa shape index (κ1) is 8.20. The van der Waals surface area contributed by atoms with E-state index in [0.29, 0.717) is 0 Å². The van der Waals surface area contributed by atoms with Crippen LogP contribution in [0.1, 0.15) is 0 Å². The van der Waals surface area contributed by atoms with Gasteiger partial charge in [0, 0.05) is 0 Å². The molecule has 0 saturated carbocycles. The lowest BCUT2D eigenvalue weighted by molar-refractivity contribution is -0.0500. The molecule has 60 valence electrons. The average Bonchev–Trinajstić information content (AvgIpc) is 1.93. The van der Waals surface area contributed by atoms with Crippen molar-refractivity contribution in [3.05, 3.63) is 23.5 Å². The minimum atomic E-state index is -2.82. The molecular formula is C6H4ClF2NO. The highest BCUT2D eigenvalue weighted by atomic mass is 35.5.